The summed E-state index contributed by atoms with van der Waals surface area (Å²) in [5, 5.41) is 7.07. The minimum atomic E-state index is 0.540. The first kappa shape index (κ1) is 12.2. The third kappa shape index (κ3) is 3.13. The predicted octanol–water partition coefficient (Wildman–Crippen LogP) is 2.42. The molecule has 0 saturated carbocycles. The number of benzene rings is 1. The molecule has 1 heterocycles. The van der Waals surface area contributed by atoms with Crippen molar-refractivity contribution in [2.45, 2.75) is 38.8 Å². The number of hydrogen-bond donors (Lipinski definition) is 2. The lowest BCUT2D eigenvalue weighted by molar-refractivity contribution is 0.414. The van der Waals surface area contributed by atoms with Gasteiger partial charge >= 0.3 is 0 Å². The molecule has 3 nitrogen and oxygen atoms in total. The van der Waals surface area contributed by atoms with Crippen LogP contribution < -0.4 is 15.4 Å². The Balaban J connectivity index is 1.99. The number of nitrogens with one attached hydrogen (secondary N) is 2. The average molecular weight is 234 g/mol. The van der Waals surface area contributed by atoms with Gasteiger partial charge in [0.1, 0.15) is 5.75 Å². The standard InChI is InChI=1S/C14H22N2O/c1-10(2)15-9-12-5-4-11-8-13(17-3)6-7-14(11)16-12/h6-8,10,12,15-16H,4-5,9H2,1-3H3. The van der Waals surface area contributed by atoms with E-state index < -0.39 is 0 Å². The molecule has 0 radical (unpaired) electrons. The van der Waals surface area contributed by atoms with E-state index in [4.69, 9.17) is 4.74 Å². The van der Waals surface area contributed by atoms with Crippen LogP contribution in [0.4, 0.5) is 5.69 Å². The van der Waals surface area contributed by atoms with Crippen LogP contribution in [0.2, 0.25) is 0 Å². The van der Waals surface area contributed by atoms with Gasteiger partial charge in [0.2, 0.25) is 0 Å². The Morgan fingerprint density at radius 1 is 1.47 bits per heavy atom. The van der Waals surface area contributed by atoms with Crippen molar-refractivity contribution in [3.05, 3.63) is 23.8 Å². The van der Waals surface area contributed by atoms with Gasteiger partial charge in [-0.1, -0.05) is 13.8 Å². The first-order valence-corrected chi connectivity index (χ1v) is 6.36. The summed E-state index contributed by atoms with van der Waals surface area (Å²) in [7, 11) is 1.72. The molecule has 0 bridgehead atoms. The monoisotopic (exact) mass is 234 g/mol. The molecule has 17 heavy (non-hydrogen) atoms. The molecule has 94 valence electrons. The molecule has 1 aliphatic rings. The lowest BCUT2D eigenvalue weighted by Gasteiger charge is -2.28. The van der Waals surface area contributed by atoms with Crippen LogP contribution in [0.15, 0.2) is 18.2 Å². The third-order valence-electron chi connectivity index (χ3n) is 3.21. The molecule has 0 amide bonds. The molecule has 1 unspecified atom stereocenters. The van der Waals surface area contributed by atoms with Crippen molar-refractivity contribution in [1.82, 2.24) is 5.32 Å². The van der Waals surface area contributed by atoms with Crippen molar-refractivity contribution in [2.24, 2.45) is 0 Å². The van der Waals surface area contributed by atoms with Gasteiger partial charge in [-0.25, -0.2) is 0 Å². The molecule has 1 aromatic carbocycles. The van der Waals surface area contributed by atoms with E-state index in [1.165, 1.54) is 17.7 Å². The highest BCUT2D eigenvalue weighted by molar-refractivity contribution is 5.56. The van der Waals surface area contributed by atoms with E-state index in [2.05, 4.69) is 36.6 Å². The fourth-order valence-corrected chi connectivity index (χ4v) is 2.20. The van der Waals surface area contributed by atoms with Gasteiger partial charge in [0, 0.05) is 24.3 Å². The fourth-order valence-electron chi connectivity index (χ4n) is 2.20. The van der Waals surface area contributed by atoms with Crippen LogP contribution in [0.3, 0.4) is 0 Å². The number of methoxy groups -OCH3 is 1. The van der Waals surface area contributed by atoms with Gasteiger partial charge in [-0.15, -0.1) is 0 Å². The number of fused-ring (bicyclic) bond motifs is 1. The highest BCUT2D eigenvalue weighted by atomic mass is 16.5. The van der Waals surface area contributed by atoms with Gasteiger partial charge < -0.3 is 15.4 Å². The molecule has 1 aromatic rings. The van der Waals surface area contributed by atoms with Crippen molar-refractivity contribution >= 4 is 5.69 Å². The van der Waals surface area contributed by atoms with Crippen molar-refractivity contribution in [3.63, 3.8) is 0 Å². The SMILES string of the molecule is COc1ccc2c(c1)CCC(CNC(C)C)N2. The molecule has 2 rings (SSSR count). The Morgan fingerprint density at radius 3 is 3.00 bits per heavy atom. The van der Waals surface area contributed by atoms with Crippen molar-refractivity contribution in [3.8, 4) is 5.75 Å². The fraction of sp³-hybridized carbons (Fsp3) is 0.571. The second kappa shape index (κ2) is 5.41. The zero-order valence-electron chi connectivity index (χ0n) is 10.9. The van der Waals surface area contributed by atoms with E-state index in [0.29, 0.717) is 12.1 Å². The number of aryl methyl sites for hydroxylation is 1. The number of rotatable bonds is 4. The number of anilines is 1. The van der Waals surface area contributed by atoms with Crippen LogP contribution in [-0.4, -0.2) is 25.7 Å². The molecule has 1 aliphatic heterocycles. The predicted molar refractivity (Wildman–Crippen MR) is 71.9 cm³/mol. The van der Waals surface area contributed by atoms with E-state index in [0.717, 1.165) is 18.7 Å². The molecule has 0 aliphatic carbocycles. The van der Waals surface area contributed by atoms with Crippen molar-refractivity contribution in [2.75, 3.05) is 19.0 Å². The second-order valence-electron chi connectivity index (χ2n) is 4.97. The molecular formula is C14H22N2O. The smallest absolute Gasteiger partial charge is 0.119 e. The summed E-state index contributed by atoms with van der Waals surface area (Å²) in [6.45, 7) is 5.40. The Hall–Kier alpha value is -1.22. The first-order valence-electron chi connectivity index (χ1n) is 6.36. The Morgan fingerprint density at radius 2 is 2.29 bits per heavy atom. The van der Waals surface area contributed by atoms with Crippen LogP contribution in [0.5, 0.6) is 5.75 Å². The molecular weight excluding hydrogens is 212 g/mol. The van der Waals surface area contributed by atoms with Gasteiger partial charge in [0.25, 0.3) is 0 Å². The van der Waals surface area contributed by atoms with Gasteiger partial charge in [-0.3, -0.25) is 0 Å². The number of ether oxygens (including phenoxy) is 1. The van der Waals surface area contributed by atoms with Gasteiger partial charge in [0.05, 0.1) is 7.11 Å². The minimum Gasteiger partial charge on any atom is -0.497 e. The first-order chi connectivity index (χ1) is 8.19. The highest BCUT2D eigenvalue weighted by Gasteiger charge is 2.17. The van der Waals surface area contributed by atoms with Gasteiger partial charge in [-0.05, 0) is 36.6 Å². The average Bonchev–Trinajstić information content (AvgIpc) is 2.35. The quantitative estimate of drug-likeness (QED) is 0.839. The summed E-state index contributed by atoms with van der Waals surface area (Å²) in [5.41, 5.74) is 2.62. The van der Waals surface area contributed by atoms with Crippen LogP contribution in [0.1, 0.15) is 25.8 Å². The lowest BCUT2D eigenvalue weighted by atomic mass is 9.97. The zero-order chi connectivity index (χ0) is 12.3. The van der Waals surface area contributed by atoms with E-state index in [1.54, 1.807) is 7.11 Å². The normalized spacial score (nSPS) is 18.7. The molecule has 0 aromatic heterocycles. The Bertz CT molecular complexity index is 376. The van der Waals surface area contributed by atoms with E-state index in [1.807, 2.05) is 6.07 Å². The largest absolute Gasteiger partial charge is 0.497 e. The topological polar surface area (TPSA) is 33.3 Å². The summed E-state index contributed by atoms with van der Waals surface area (Å²) in [4.78, 5) is 0. The molecule has 0 spiro atoms. The van der Waals surface area contributed by atoms with Crippen LogP contribution in [0, 0.1) is 0 Å². The highest BCUT2D eigenvalue weighted by Crippen LogP contribution is 2.28. The summed E-state index contributed by atoms with van der Waals surface area (Å²) < 4.78 is 5.25. The maximum atomic E-state index is 5.25. The maximum absolute atomic E-state index is 5.25. The van der Waals surface area contributed by atoms with Crippen molar-refractivity contribution < 1.29 is 4.74 Å². The summed E-state index contributed by atoms with van der Waals surface area (Å²) in [6, 6.07) is 7.36. The summed E-state index contributed by atoms with van der Waals surface area (Å²) in [5.74, 6) is 0.948. The van der Waals surface area contributed by atoms with Gasteiger partial charge in [-0.2, -0.15) is 0 Å². The van der Waals surface area contributed by atoms with Crippen LogP contribution >= 0.6 is 0 Å². The molecule has 0 saturated heterocycles. The van der Waals surface area contributed by atoms with E-state index in [9.17, 15) is 0 Å². The molecule has 2 N–H and O–H groups in total. The zero-order valence-corrected chi connectivity index (χ0v) is 10.9. The Kier molecular flexibility index (Phi) is 3.89. The molecule has 1 atom stereocenters. The molecule has 0 fully saturated rings. The van der Waals surface area contributed by atoms with E-state index >= 15 is 0 Å². The second-order valence-corrected chi connectivity index (χ2v) is 4.97. The third-order valence-corrected chi connectivity index (χ3v) is 3.21. The summed E-state index contributed by atoms with van der Waals surface area (Å²) in [6.07, 6.45) is 2.31. The number of hydrogen-bond acceptors (Lipinski definition) is 3. The van der Waals surface area contributed by atoms with Crippen molar-refractivity contribution in [1.29, 1.82) is 0 Å². The Labute approximate surface area is 104 Å². The minimum absolute atomic E-state index is 0.540. The van der Waals surface area contributed by atoms with Crippen LogP contribution in [-0.2, 0) is 6.42 Å². The lowest BCUT2D eigenvalue weighted by Crippen LogP contribution is -2.38. The van der Waals surface area contributed by atoms with Crippen LogP contribution in [0.25, 0.3) is 0 Å². The molecule has 3 heteroatoms. The van der Waals surface area contributed by atoms with E-state index in [-0.39, 0.29) is 0 Å². The summed E-state index contributed by atoms with van der Waals surface area (Å²) >= 11 is 0. The maximum Gasteiger partial charge on any atom is 0.119 e. The van der Waals surface area contributed by atoms with Gasteiger partial charge in [0.15, 0.2) is 0 Å².